The molecule has 10 nitrogen and oxygen atoms in total. The van der Waals surface area contributed by atoms with Crippen molar-refractivity contribution in [1.29, 1.82) is 0 Å². The molecular formula is C54H46O10. The minimum atomic E-state index is -0.543. The van der Waals surface area contributed by atoms with E-state index >= 15 is 0 Å². The van der Waals surface area contributed by atoms with E-state index in [-0.39, 0.29) is 19.8 Å². The van der Waals surface area contributed by atoms with Crippen molar-refractivity contribution in [2.75, 3.05) is 33.5 Å². The average molecular weight is 855 g/mol. The molecule has 0 aromatic heterocycles. The van der Waals surface area contributed by atoms with Crippen molar-refractivity contribution in [2.45, 2.75) is 26.4 Å². The maximum atomic E-state index is 12.9. The van der Waals surface area contributed by atoms with E-state index in [1.54, 1.807) is 42.5 Å². The SMILES string of the molecule is C=CC(=O)OCCCCOc1ccc(C(=O)Oc2ccc(C#Cc3ccc(OCc4ccc5cc(C#Cc6ccc(OCCOC(=O)C=C)cc6)ccc5c4)c(C)c3)cc2)cc1OC. The van der Waals surface area contributed by atoms with Gasteiger partial charge in [0.15, 0.2) is 11.5 Å². The Morgan fingerprint density at radius 2 is 1.11 bits per heavy atom. The number of aryl methyl sites for hydroxylation is 1. The van der Waals surface area contributed by atoms with Crippen LogP contribution in [0.5, 0.6) is 28.7 Å². The highest BCUT2D eigenvalue weighted by molar-refractivity contribution is 5.92. The standard InChI is InChI=1S/C54H46O10/c1-5-52(55)61-30-8-7-29-60-50-28-22-46(36-51(50)58-4)54(57)64-48-25-17-40(18-26-48)9-11-41-19-27-49(38(3)33-41)63-37-43-14-21-44-34-42(13-20-45(44)35-43)12-10-39-15-23-47(24-16-39)59-31-32-62-53(56)6-2/h5-6,13-28,33-36H,1-2,7-8,29-32,37H2,3-4H3. The predicted octanol–water partition coefficient (Wildman–Crippen LogP) is 9.75. The summed E-state index contributed by atoms with van der Waals surface area (Å²) in [5.74, 6) is 14.0. The Morgan fingerprint density at radius 1 is 0.531 bits per heavy atom. The van der Waals surface area contributed by atoms with Gasteiger partial charge in [-0.3, -0.25) is 0 Å². The summed E-state index contributed by atoms with van der Waals surface area (Å²) in [7, 11) is 1.50. The predicted molar refractivity (Wildman–Crippen MR) is 245 cm³/mol. The van der Waals surface area contributed by atoms with Gasteiger partial charge >= 0.3 is 17.9 Å². The summed E-state index contributed by atoms with van der Waals surface area (Å²) in [4.78, 5) is 35.2. The van der Waals surface area contributed by atoms with Crippen LogP contribution in [0.2, 0.25) is 0 Å². The molecule has 10 heteroatoms. The van der Waals surface area contributed by atoms with Crippen LogP contribution in [0.15, 0.2) is 147 Å². The number of carbonyl (C=O) groups is 3. The second kappa shape index (κ2) is 23.1. The third kappa shape index (κ3) is 13.7. The Balaban J connectivity index is 0.961. The number of hydrogen-bond acceptors (Lipinski definition) is 10. The molecule has 0 saturated heterocycles. The third-order valence-corrected chi connectivity index (χ3v) is 9.47. The molecule has 0 unspecified atom stereocenters. The average Bonchev–Trinajstić information content (AvgIpc) is 3.32. The first kappa shape index (κ1) is 45.3. The molecule has 0 fully saturated rings. The van der Waals surface area contributed by atoms with Crippen molar-refractivity contribution < 1.29 is 47.5 Å². The zero-order valence-corrected chi connectivity index (χ0v) is 35.6. The van der Waals surface area contributed by atoms with Crippen molar-refractivity contribution in [1.82, 2.24) is 0 Å². The van der Waals surface area contributed by atoms with Gasteiger partial charge in [0.05, 0.1) is 25.9 Å². The van der Waals surface area contributed by atoms with Gasteiger partial charge in [-0.25, -0.2) is 14.4 Å². The van der Waals surface area contributed by atoms with Gasteiger partial charge in [-0.1, -0.05) is 55.0 Å². The summed E-state index contributed by atoms with van der Waals surface area (Å²) in [6.45, 7) is 10.2. The first-order chi connectivity index (χ1) is 31.2. The lowest BCUT2D eigenvalue weighted by atomic mass is 10.0. The fourth-order valence-electron chi connectivity index (χ4n) is 6.10. The summed E-state index contributed by atoms with van der Waals surface area (Å²) in [5, 5.41) is 2.17. The van der Waals surface area contributed by atoms with Crippen LogP contribution in [0.4, 0.5) is 0 Å². The number of ether oxygens (including phenoxy) is 7. The fraction of sp³-hybridized carbons (Fsp3) is 0.167. The zero-order valence-electron chi connectivity index (χ0n) is 35.6. The van der Waals surface area contributed by atoms with E-state index in [4.69, 9.17) is 33.2 Å². The number of benzene rings is 6. The van der Waals surface area contributed by atoms with Gasteiger partial charge in [-0.05, 0) is 145 Å². The third-order valence-electron chi connectivity index (χ3n) is 9.47. The van der Waals surface area contributed by atoms with Crippen LogP contribution in [0.25, 0.3) is 10.8 Å². The summed E-state index contributed by atoms with van der Waals surface area (Å²) < 4.78 is 38.5. The van der Waals surface area contributed by atoms with E-state index in [0.29, 0.717) is 54.6 Å². The minimum absolute atomic E-state index is 0.149. The number of hydrogen-bond donors (Lipinski definition) is 0. The molecule has 0 N–H and O–H groups in total. The van der Waals surface area contributed by atoms with Crippen LogP contribution in [0, 0.1) is 30.6 Å². The molecule has 0 amide bonds. The smallest absolute Gasteiger partial charge is 0.343 e. The van der Waals surface area contributed by atoms with E-state index in [1.807, 2.05) is 55.5 Å². The molecule has 0 aliphatic carbocycles. The van der Waals surface area contributed by atoms with Crippen molar-refractivity contribution in [3.8, 4) is 52.4 Å². The Labute approximate surface area is 373 Å². The number of unbranched alkanes of at least 4 members (excludes halogenated alkanes) is 1. The van der Waals surface area contributed by atoms with E-state index in [2.05, 4.69) is 67.2 Å². The number of fused-ring (bicyclic) bond motifs is 1. The molecule has 0 saturated carbocycles. The Kier molecular flexibility index (Phi) is 16.4. The highest BCUT2D eigenvalue weighted by atomic mass is 16.6. The normalized spacial score (nSPS) is 10.2. The molecule has 6 rings (SSSR count). The van der Waals surface area contributed by atoms with Gasteiger partial charge in [0, 0.05) is 34.4 Å². The first-order valence-electron chi connectivity index (χ1n) is 20.4. The Morgan fingerprint density at radius 3 is 1.80 bits per heavy atom. The first-order valence-corrected chi connectivity index (χ1v) is 20.4. The van der Waals surface area contributed by atoms with Gasteiger partial charge in [-0.15, -0.1) is 0 Å². The Bertz CT molecular complexity index is 2750. The van der Waals surface area contributed by atoms with E-state index < -0.39 is 17.9 Å². The number of esters is 3. The van der Waals surface area contributed by atoms with Gasteiger partial charge < -0.3 is 33.2 Å². The molecule has 0 radical (unpaired) electrons. The maximum absolute atomic E-state index is 12.9. The molecule has 0 bridgehead atoms. The molecule has 0 heterocycles. The van der Waals surface area contributed by atoms with Gasteiger partial charge in [-0.2, -0.15) is 0 Å². The van der Waals surface area contributed by atoms with E-state index in [0.717, 1.165) is 62.1 Å². The van der Waals surface area contributed by atoms with Gasteiger partial charge in [0.1, 0.15) is 37.1 Å². The Hall–Kier alpha value is -8.21. The zero-order chi connectivity index (χ0) is 45.1. The largest absolute Gasteiger partial charge is 0.493 e. The second-order valence-corrected chi connectivity index (χ2v) is 14.1. The lowest BCUT2D eigenvalue weighted by molar-refractivity contribution is -0.139. The van der Waals surface area contributed by atoms with Crippen molar-refractivity contribution in [3.63, 3.8) is 0 Å². The summed E-state index contributed by atoms with van der Waals surface area (Å²) in [6, 6.07) is 37.5. The molecule has 6 aromatic rings. The van der Waals surface area contributed by atoms with E-state index in [9.17, 15) is 14.4 Å². The van der Waals surface area contributed by atoms with Crippen molar-refractivity contribution >= 4 is 28.7 Å². The molecule has 0 spiro atoms. The maximum Gasteiger partial charge on any atom is 0.343 e. The number of methoxy groups -OCH3 is 1. The van der Waals surface area contributed by atoms with Crippen LogP contribution in [-0.2, 0) is 25.7 Å². The fourth-order valence-corrected chi connectivity index (χ4v) is 6.10. The molecule has 322 valence electrons. The van der Waals surface area contributed by atoms with Crippen molar-refractivity contribution in [3.05, 3.63) is 186 Å². The highest BCUT2D eigenvalue weighted by Gasteiger charge is 2.14. The minimum Gasteiger partial charge on any atom is -0.493 e. The summed E-state index contributed by atoms with van der Waals surface area (Å²) in [6.07, 6.45) is 3.54. The lowest BCUT2D eigenvalue weighted by Crippen LogP contribution is -2.10. The number of rotatable bonds is 18. The number of carbonyl (C=O) groups excluding carboxylic acids is 3. The second-order valence-electron chi connectivity index (χ2n) is 14.1. The summed E-state index contributed by atoms with van der Waals surface area (Å²) >= 11 is 0. The van der Waals surface area contributed by atoms with Crippen molar-refractivity contribution in [2.24, 2.45) is 0 Å². The molecular weight excluding hydrogens is 809 g/mol. The van der Waals surface area contributed by atoms with Crippen LogP contribution in [0.1, 0.15) is 56.6 Å². The van der Waals surface area contributed by atoms with Crippen LogP contribution >= 0.6 is 0 Å². The van der Waals surface area contributed by atoms with Crippen LogP contribution < -0.4 is 23.7 Å². The molecule has 0 aliphatic rings. The topological polar surface area (TPSA) is 116 Å². The van der Waals surface area contributed by atoms with Gasteiger partial charge in [0.2, 0.25) is 0 Å². The van der Waals surface area contributed by atoms with Crippen LogP contribution in [0.3, 0.4) is 0 Å². The van der Waals surface area contributed by atoms with E-state index in [1.165, 1.54) is 7.11 Å². The molecule has 0 atom stereocenters. The quantitative estimate of drug-likeness (QED) is 0.0272. The van der Waals surface area contributed by atoms with Gasteiger partial charge in [0.25, 0.3) is 0 Å². The molecule has 6 aromatic carbocycles. The van der Waals surface area contributed by atoms with Crippen LogP contribution in [-0.4, -0.2) is 51.4 Å². The molecule has 0 aliphatic heterocycles. The highest BCUT2D eigenvalue weighted by Crippen LogP contribution is 2.29. The monoisotopic (exact) mass is 854 g/mol. The lowest BCUT2D eigenvalue weighted by Gasteiger charge is -2.12. The summed E-state index contributed by atoms with van der Waals surface area (Å²) in [5.41, 5.74) is 5.67. The molecule has 64 heavy (non-hydrogen) atoms.